The molecule has 0 aliphatic carbocycles. The highest BCUT2D eigenvalue weighted by Gasteiger charge is 2.31. The van der Waals surface area contributed by atoms with Crippen LogP contribution >= 0.6 is 11.6 Å². The number of H-pyrrole nitrogens is 1. The average molecular weight is 407 g/mol. The maximum absolute atomic E-state index is 12.8. The van der Waals surface area contributed by atoms with Crippen LogP contribution in [-0.4, -0.2) is 47.2 Å². The van der Waals surface area contributed by atoms with Crippen LogP contribution in [0.3, 0.4) is 0 Å². The molecule has 2 heterocycles. The topological polar surface area (TPSA) is 112 Å². The second-order valence-corrected chi connectivity index (χ2v) is 9.06. The van der Waals surface area contributed by atoms with Gasteiger partial charge in [-0.25, -0.2) is 8.42 Å². The van der Waals surface area contributed by atoms with Crippen molar-refractivity contribution in [3.63, 3.8) is 0 Å². The fourth-order valence-electron chi connectivity index (χ4n) is 3.48. The van der Waals surface area contributed by atoms with Gasteiger partial charge in [0.15, 0.2) is 5.82 Å². The fourth-order valence-corrected chi connectivity index (χ4v) is 5.42. The van der Waals surface area contributed by atoms with E-state index in [2.05, 4.69) is 10.2 Å². The van der Waals surface area contributed by atoms with Gasteiger partial charge < -0.3 is 10.8 Å². The highest BCUT2D eigenvalue weighted by molar-refractivity contribution is 7.89. The first kappa shape index (κ1) is 18.2. The maximum atomic E-state index is 12.8. The van der Waals surface area contributed by atoms with Gasteiger partial charge >= 0.3 is 0 Å². The standard InChI is InChI=1S/C18H19ClN4O3S/c1-10-8-12(27(25,26)23-7-6-11(24)9-23)2-3-13(10)14-4-5-15-16(17(14)19)18(20)22-21-15/h2-5,8,11,24H,6-7,9H2,1H3,(H3,20,21,22). The number of fused-ring (bicyclic) bond motifs is 1. The largest absolute Gasteiger partial charge is 0.392 e. The molecule has 1 unspecified atom stereocenters. The number of aromatic nitrogens is 2. The molecular weight excluding hydrogens is 388 g/mol. The van der Waals surface area contributed by atoms with Gasteiger partial charge in [-0.1, -0.05) is 23.7 Å². The Morgan fingerprint density at radius 1 is 1.30 bits per heavy atom. The third kappa shape index (κ3) is 2.98. The number of halogens is 1. The molecule has 7 nitrogen and oxygen atoms in total. The molecule has 2 aromatic carbocycles. The molecule has 1 atom stereocenters. The predicted octanol–water partition coefficient (Wildman–Crippen LogP) is 2.53. The Hall–Kier alpha value is -2.13. The summed E-state index contributed by atoms with van der Waals surface area (Å²) in [5.41, 5.74) is 8.99. The van der Waals surface area contributed by atoms with Crippen LogP contribution in [0.15, 0.2) is 35.2 Å². The SMILES string of the molecule is Cc1cc(S(=O)(=O)N2CCC(O)C2)ccc1-c1ccc2[nH]nc(N)c2c1Cl. The number of β-amino-alcohol motifs (C(OH)–C–C–N with tert-alkyl or cyclic N) is 1. The van der Waals surface area contributed by atoms with Crippen LogP contribution < -0.4 is 5.73 Å². The van der Waals surface area contributed by atoms with Gasteiger partial charge in [-0.2, -0.15) is 9.40 Å². The van der Waals surface area contributed by atoms with Crippen molar-refractivity contribution in [2.24, 2.45) is 0 Å². The number of rotatable bonds is 3. The number of hydrogen-bond acceptors (Lipinski definition) is 5. The van der Waals surface area contributed by atoms with Crippen molar-refractivity contribution < 1.29 is 13.5 Å². The summed E-state index contributed by atoms with van der Waals surface area (Å²) in [6.45, 7) is 2.30. The van der Waals surface area contributed by atoms with Gasteiger partial charge in [-0.05, 0) is 42.7 Å². The summed E-state index contributed by atoms with van der Waals surface area (Å²) in [7, 11) is -3.63. The van der Waals surface area contributed by atoms with Gasteiger partial charge in [0.05, 0.1) is 26.9 Å². The van der Waals surface area contributed by atoms with E-state index >= 15 is 0 Å². The van der Waals surface area contributed by atoms with Gasteiger partial charge in [-0.3, -0.25) is 5.10 Å². The first-order chi connectivity index (χ1) is 12.8. The summed E-state index contributed by atoms with van der Waals surface area (Å²) >= 11 is 6.55. The quantitative estimate of drug-likeness (QED) is 0.618. The van der Waals surface area contributed by atoms with E-state index in [1.165, 1.54) is 4.31 Å². The van der Waals surface area contributed by atoms with E-state index in [1.54, 1.807) is 18.2 Å². The number of benzene rings is 2. The first-order valence-electron chi connectivity index (χ1n) is 8.50. The van der Waals surface area contributed by atoms with Crippen molar-refractivity contribution in [3.8, 4) is 11.1 Å². The van der Waals surface area contributed by atoms with Gasteiger partial charge in [-0.15, -0.1) is 0 Å². The van der Waals surface area contributed by atoms with Crippen LogP contribution in [0.5, 0.6) is 0 Å². The lowest BCUT2D eigenvalue weighted by molar-refractivity contribution is 0.189. The van der Waals surface area contributed by atoms with Gasteiger partial charge in [0.2, 0.25) is 10.0 Å². The summed E-state index contributed by atoms with van der Waals surface area (Å²) < 4.78 is 26.9. The average Bonchev–Trinajstić information content (AvgIpc) is 3.22. The summed E-state index contributed by atoms with van der Waals surface area (Å²) in [6.07, 6.45) is -0.149. The Morgan fingerprint density at radius 2 is 2.04 bits per heavy atom. The lowest BCUT2D eigenvalue weighted by Crippen LogP contribution is -2.29. The van der Waals surface area contributed by atoms with Crippen molar-refractivity contribution in [1.82, 2.24) is 14.5 Å². The number of aliphatic hydroxyl groups is 1. The Kier molecular flexibility index (Phi) is 4.38. The van der Waals surface area contributed by atoms with Crippen molar-refractivity contribution >= 4 is 38.3 Å². The van der Waals surface area contributed by atoms with E-state index in [9.17, 15) is 13.5 Å². The summed E-state index contributed by atoms with van der Waals surface area (Å²) in [5, 5.41) is 17.6. The van der Waals surface area contributed by atoms with Crippen molar-refractivity contribution in [2.45, 2.75) is 24.3 Å². The fraction of sp³-hybridized carbons (Fsp3) is 0.278. The summed E-state index contributed by atoms with van der Waals surface area (Å²) in [6, 6.07) is 8.65. The molecule has 1 saturated heterocycles. The van der Waals surface area contributed by atoms with Gasteiger partial charge in [0, 0.05) is 18.7 Å². The number of nitrogens with two attached hydrogens (primary N) is 1. The van der Waals surface area contributed by atoms with E-state index in [0.29, 0.717) is 29.2 Å². The number of aliphatic hydroxyl groups excluding tert-OH is 1. The number of aryl methyl sites for hydroxylation is 1. The Morgan fingerprint density at radius 3 is 2.70 bits per heavy atom. The zero-order valence-corrected chi connectivity index (χ0v) is 16.2. The van der Waals surface area contributed by atoms with Gasteiger partial charge in [0.1, 0.15) is 0 Å². The minimum Gasteiger partial charge on any atom is -0.392 e. The second-order valence-electron chi connectivity index (χ2n) is 6.74. The molecule has 3 aromatic rings. The molecular formula is C18H19ClN4O3S. The summed E-state index contributed by atoms with van der Waals surface area (Å²) in [4.78, 5) is 0.206. The Bertz CT molecular complexity index is 1140. The maximum Gasteiger partial charge on any atom is 0.243 e. The van der Waals surface area contributed by atoms with Crippen LogP contribution in [-0.2, 0) is 10.0 Å². The van der Waals surface area contributed by atoms with E-state index in [0.717, 1.165) is 22.2 Å². The molecule has 27 heavy (non-hydrogen) atoms. The molecule has 0 amide bonds. The number of sulfonamides is 1. The van der Waals surface area contributed by atoms with E-state index < -0.39 is 16.1 Å². The summed E-state index contributed by atoms with van der Waals surface area (Å²) in [5.74, 6) is 0.321. The molecule has 0 radical (unpaired) electrons. The first-order valence-corrected chi connectivity index (χ1v) is 10.3. The highest BCUT2D eigenvalue weighted by atomic mass is 35.5. The molecule has 4 N–H and O–H groups in total. The Labute approximate surface area is 161 Å². The van der Waals surface area contributed by atoms with Crippen LogP contribution in [0.4, 0.5) is 5.82 Å². The van der Waals surface area contributed by atoms with Crippen molar-refractivity contribution in [1.29, 1.82) is 0 Å². The molecule has 1 aliphatic rings. The highest BCUT2D eigenvalue weighted by Crippen LogP contribution is 2.38. The molecule has 9 heteroatoms. The lowest BCUT2D eigenvalue weighted by atomic mass is 9.99. The molecule has 142 valence electrons. The number of nitrogen functional groups attached to an aromatic ring is 1. The second kappa shape index (κ2) is 6.49. The smallest absolute Gasteiger partial charge is 0.243 e. The van der Waals surface area contributed by atoms with Crippen molar-refractivity contribution in [2.75, 3.05) is 18.8 Å². The van der Waals surface area contributed by atoms with E-state index in [4.69, 9.17) is 17.3 Å². The van der Waals surface area contributed by atoms with Crippen LogP contribution in [0, 0.1) is 6.92 Å². The molecule has 1 aliphatic heterocycles. The number of nitrogens with one attached hydrogen (secondary N) is 1. The molecule has 1 aromatic heterocycles. The normalized spacial score (nSPS) is 18.4. The molecule has 1 fully saturated rings. The van der Waals surface area contributed by atoms with Crippen LogP contribution in [0.2, 0.25) is 5.02 Å². The lowest BCUT2D eigenvalue weighted by Gasteiger charge is -2.17. The molecule has 0 saturated carbocycles. The van der Waals surface area contributed by atoms with Crippen LogP contribution in [0.25, 0.3) is 22.0 Å². The third-order valence-corrected chi connectivity index (χ3v) is 7.20. The molecule has 0 bridgehead atoms. The minimum absolute atomic E-state index is 0.130. The van der Waals surface area contributed by atoms with Gasteiger partial charge in [0.25, 0.3) is 0 Å². The number of hydrogen-bond donors (Lipinski definition) is 3. The molecule has 0 spiro atoms. The monoisotopic (exact) mass is 406 g/mol. The zero-order valence-electron chi connectivity index (χ0n) is 14.6. The zero-order chi connectivity index (χ0) is 19.3. The molecule has 4 rings (SSSR count). The number of aromatic amines is 1. The van der Waals surface area contributed by atoms with Crippen LogP contribution in [0.1, 0.15) is 12.0 Å². The third-order valence-electron chi connectivity index (χ3n) is 4.95. The minimum atomic E-state index is -3.63. The predicted molar refractivity (Wildman–Crippen MR) is 105 cm³/mol. The van der Waals surface area contributed by atoms with Crippen molar-refractivity contribution in [3.05, 3.63) is 40.9 Å². The van der Waals surface area contributed by atoms with E-state index in [-0.39, 0.29) is 11.4 Å². The number of anilines is 1. The van der Waals surface area contributed by atoms with E-state index in [1.807, 2.05) is 19.1 Å². The number of nitrogens with zero attached hydrogens (tertiary/aromatic N) is 2. The Balaban J connectivity index is 1.77.